The summed E-state index contributed by atoms with van der Waals surface area (Å²) in [6.45, 7) is -0.914. The monoisotopic (exact) mass is 544 g/mol. The summed E-state index contributed by atoms with van der Waals surface area (Å²) in [5.74, 6) is -1.97. The first kappa shape index (κ1) is 28.1. The minimum atomic E-state index is -4.84. The zero-order chi connectivity index (χ0) is 27.7. The Morgan fingerprint density at radius 1 is 0.947 bits per heavy atom. The van der Waals surface area contributed by atoms with E-state index in [4.69, 9.17) is 19.1 Å². The Kier molecular flexibility index (Phi) is 9.35. The number of carbonyl (C=O) groups is 2. The summed E-state index contributed by atoms with van der Waals surface area (Å²) in [5, 5.41) is 18.4. The molecule has 0 spiro atoms. The van der Waals surface area contributed by atoms with Crippen molar-refractivity contribution in [1.29, 1.82) is 5.41 Å². The molecule has 3 atom stereocenters. The van der Waals surface area contributed by atoms with Gasteiger partial charge in [0.05, 0.1) is 16.1 Å². The quantitative estimate of drug-likeness (QED) is 0.118. The summed E-state index contributed by atoms with van der Waals surface area (Å²) in [4.78, 5) is 34.7. The molecule has 0 unspecified atom stereocenters. The third kappa shape index (κ3) is 7.27. The fourth-order valence-electron chi connectivity index (χ4n) is 3.17. The van der Waals surface area contributed by atoms with Gasteiger partial charge < -0.3 is 14.9 Å². The number of ether oxygens (including phenoxy) is 2. The van der Waals surface area contributed by atoms with E-state index in [0.717, 1.165) is 24.3 Å². The van der Waals surface area contributed by atoms with Gasteiger partial charge in [-0.05, 0) is 30.3 Å². The summed E-state index contributed by atoms with van der Waals surface area (Å²) in [6, 6.07) is 18.8. The van der Waals surface area contributed by atoms with Gasteiger partial charge in [0.1, 0.15) is 11.5 Å². The van der Waals surface area contributed by atoms with Crippen LogP contribution in [0.4, 0.5) is 10.1 Å². The van der Waals surface area contributed by atoms with Crippen LogP contribution in [-0.2, 0) is 23.8 Å². The molecule has 0 amide bonds. The molecule has 11 nitrogen and oxygen atoms in total. The van der Waals surface area contributed by atoms with Crippen LogP contribution in [0, 0.1) is 15.5 Å². The molecule has 0 bridgehead atoms. The lowest BCUT2D eigenvalue weighted by Crippen LogP contribution is -2.45. The average Bonchev–Trinajstić information content (AvgIpc) is 2.94. The molecular formula is C25H21FN2O9S. The number of benzene rings is 3. The first-order valence-corrected chi connectivity index (χ1v) is 12.3. The number of nitrogens with one attached hydrogen (secondary N) is 1. The number of nitrogens with zero attached hydrogens (tertiary/aromatic N) is 1. The lowest BCUT2D eigenvalue weighted by molar-refractivity contribution is -0.385. The summed E-state index contributed by atoms with van der Waals surface area (Å²) < 4.78 is 56.3. The number of nitro benzene ring substituents is 1. The van der Waals surface area contributed by atoms with E-state index in [9.17, 15) is 32.5 Å². The lowest BCUT2D eigenvalue weighted by atomic mass is 10.1. The van der Waals surface area contributed by atoms with Gasteiger partial charge in [-0.2, -0.15) is 8.42 Å². The zero-order valence-corrected chi connectivity index (χ0v) is 20.3. The van der Waals surface area contributed by atoms with E-state index in [2.05, 4.69) is 0 Å². The standard InChI is InChI=1S/C25H21FN2O9S/c26-21(15-27)23(36-25(30)18-10-5-2-6-11-18)22(16-35-24(29)17-8-3-1-4-9-17)37-38(33,34)20-13-7-12-19(14-20)28(31)32/h1-15,21-23,27H,16H2/t21-,22-,23+/m1/s1. The molecule has 0 radical (unpaired) electrons. The first-order valence-electron chi connectivity index (χ1n) is 10.9. The van der Waals surface area contributed by atoms with Gasteiger partial charge in [0.25, 0.3) is 15.8 Å². The molecule has 3 aromatic rings. The number of hydrogen-bond acceptors (Lipinski definition) is 10. The molecule has 0 aromatic heterocycles. The van der Waals surface area contributed by atoms with Crippen molar-refractivity contribution in [2.75, 3.05) is 6.61 Å². The van der Waals surface area contributed by atoms with E-state index < -0.39 is 62.5 Å². The maximum Gasteiger partial charge on any atom is 0.338 e. The summed E-state index contributed by atoms with van der Waals surface area (Å²) >= 11 is 0. The van der Waals surface area contributed by atoms with Gasteiger partial charge in [-0.1, -0.05) is 42.5 Å². The average molecular weight is 545 g/mol. The van der Waals surface area contributed by atoms with Crippen molar-refractivity contribution in [1.82, 2.24) is 0 Å². The molecule has 0 aliphatic carbocycles. The number of alkyl halides is 1. The number of hydrogen-bond donors (Lipinski definition) is 1. The van der Waals surface area contributed by atoms with Crippen molar-refractivity contribution < 1.29 is 41.0 Å². The van der Waals surface area contributed by atoms with Gasteiger partial charge in [0.2, 0.25) is 0 Å². The third-order valence-corrected chi connectivity index (χ3v) is 6.38. The van der Waals surface area contributed by atoms with Crippen LogP contribution in [0.5, 0.6) is 0 Å². The van der Waals surface area contributed by atoms with E-state index >= 15 is 0 Å². The van der Waals surface area contributed by atoms with Crippen LogP contribution < -0.4 is 0 Å². The van der Waals surface area contributed by atoms with Crippen LogP contribution in [0.15, 0.2) is 89.8 Å². The second kappa shape index (κ2) is 12.7. The SMILES string of the molecule is N=C[C@@H](F)[C@H](OC(=O)c1ccccc1)[C@@H](COC(=O)c1ccccc1)OS(=O)(=O)c1cccc([N+](=O)[O-])c1. The number of halogens is 1. The predicted molar refractivity (Wildman–Crippen MR) is 131 cm³/mol. The van der Waals surface area contributed by atoms with Crippen LogP contribution in [0.3, 0.4) is 0 Å². The fraction of sp³-hybridized carbons (Fsp3) is 0.160. The Labute approximate surface area is 216 Å². The number of rotatable bonds is 12. The highest BCUT2D eigenvalue weighted by Gasteiger charge is 2.38. The van der Waals surface area contributed by atoms with E-state index in [-0.39, 0.29) is 17.3 Å². The van der Waals surface area contributed by atoms with Gasteiger partial charge in [-0.25, -0.2) is 14.0 Å². The highest BCUT2D eigenvalue weighted by molar-refractivity contribution is 7.86. The Hall–Kier alpha value is -4.49. The van der Waals surface area contributed by atoms with E-state index in [0.29, 0.717) is 0 Å². The number of carbonyl (C=O) groups excluding carboxylic acids is 2. The topological polar surface area (TPSA) is 163 Å². The first-order chi connectivity index (χ1) is 18.1. The number of non-ortho nitro benzene ring substituents is 1. The van der Waals surface area contributed by atoms with Crippen molar-refractivity contribution in [2.24, 2.45) is 0 Å². The van der Waals surface area contributed by atoms with Gasteiger partial charge in [0.15, 0.2) is 18.4 Å². The Bertz CT molecular complexity index is 1400. The smallest absolute Gasteiger partial charge is 0.338 e. The van der Waals surface area contributed by atoms with Crippen molar-refractivity contribution in [2.45, 2.75) is 23.3 Å². The maximum atomic E-state index is 14.9. The second-order valence-corrected chi connectivity index (χ2v) is 9.23. The molecule has 3 aromatic carbocycles. The van der Waals surface area contributed by atoms with Gasteiger partial charge >= 0.3 is 11.9 Å². The van der Waals surface area contributed by atoms with Gasteiger partial charge in [0, 0.05) is 18.3 Å². The van der Waals surface area contributed by atoms with E-state index in [1.807, 2.05) is 0 Å². The third-order valence-electron chi connectivity index (χ3n) is 5.05. The minimum absolute atomic E-state index is 0.00347. The highest BCUT2D eigenvalue weighted by Crippen LogP contribution is 2.24. The van der Waals surface area contributed by atoms with Crippen molar-refractivity contribution in [3.63, 3.8) is 0 Å². The fourth-order valence-corrected chi connectivity index (χ4v) is 4.28. The number of nitro groups is 1. The Balaban J connectivity index is 1.95. The molecule has 38 heavy (non-hydrogen) atoms. The van der Waals surface area contributed by atoms with Crippen LogP contribution in [-0.4, -0.2) is 56.5 Å². The molecule has 198 valence electrons. The van der Waals surface area contributed by atoms with Crippen LogP contribution >= 0.6 is 0 Å². The molecule has 1 N–H and O–H groups in total. The summed E-state index contributed by atoms with van der Waals surface area (Å²) in [6.07, 6.45) is -6.14. The highest BCUT2D eigenvalue weighted by atomic mass is 32.2. The maximum absolute atomic E-state index is 14.9. The lowest BCUT2D eigenvalue weighted by Gasteiger charge is -2.27. The van der Waals surface area contributed by atoms with Gasteiger partial charge in [-0.3, -0.25) is 14.3 Å². The van der Waals surface area contributed by atoms with E-state index in [1.54, 1.807) is 24.3 Å². The molecule has 0 fully saturated rings. The van der Waals surface area contributed by atoms with Crippen LogP contribution in [0.1, 0.15) is 20.7 Å². The minimum Gasteiger partial charge on any atom is -0.459 e. The molecule has 0 saturated heterocycles. The predicted octanol–water partition coefficient (Wildman–Crippen LogP) is 3.74. The molecule has 13 heteroatoms. The molecule has 0 aliphatic rings. The van der Waals surface area contributed by atoms with Gasteiger partial charge in [-0.15, -0.1) is 0 Å². The normalized spacial score (nSPS) is 13.5. The van der Waals surface area contributed by atoms with Crippen molar-refractivity contribution in [3.05, 3.63) is 106 Å². The van der Waals surface area contributed by atoms with Crippen molar-refractivity contribution in [3.8, 4) is 0 Å². The second-order valence-electron chi connectivity index (χ2n) is 7.65. The molecular weight excluding hydrogens is 523 g/mol. The Morgan fingerprint density at radius 2 is 1.53 bits per heavy atom. The summed E-state index contributed by atoms with van der Waals surface area (Å²) in [7, 11) is -4.84. The Morgan fingerprint density at radius 3 is 2.08 bits per heavy atom. The molecule has 3 rings (SSSR count). The summed E-state index contributed by atoms with van der Waals surface area (Å²) in [5.41, 5.74) is -0.470. The largest absolute Gasteiger partial charge is 0.459 e. The van der Waals surface area contributed by atoms with Crippen molar-refractivity contribution >= 4 is 34.0 Å². The molecule has 0 aliphatic heterocycles. The number of esters is 2. The van der Waals surface area contributed by atoms with Crippen LogP contribution in [0.2, 0.25) is 0 Å². The zero-order valence-electron chi connectivity index (χ0n) is 19.5. The van der Waals surface area contributed by atoms with Crippen LogP contribution in [0.25, 0.3) is 0 Å². The molecule has 0 saturated carbocycles. The molecule has 0 heterocycles. The van der Waals surface area contributed by atoms with E-state index in [1.165, 1.54) is 36.4 Å².